The van der Waals surface area contributed by atoms with Crippen molar-refractivity contribution in [3.63, 3.8) is 0 Å². The number of aliphatic hydroxyl groups is 2. The Bertz CT molecular complexity index is 332. The van der Waals surface area contributed by atoms with E-state index in [9.17, 15) is 10.2 Å². The molecule has 15 heavy (non-hydrogen) atoms. The minimum Gasteiger partial charge on any atom is -0.397 e. The van der Waals surface area contributed by atoms with Gasteiger partial charge in [-0.2, -0.15) is 0 Å². The van der Waals surface area contributed by atoms with Crippen molar-refractivity contribution >= 4 is 11.4 Å². The van der Waals surface area contributed by atoms with Gasteiger partial charge in [0.05, 0.1) is 17.5 Å². The van der Waals surface area contributed by atoms with Crippen LogP contribution in [0.15, 0.2) is 12.1 Å². The Morgan fingerprint density at radius 2 is 1.87 bits per heavy atom. The molecule has 1 rings (SSSR count). The fourth-order valence-electron chi connectivity index (χ4n) is 1.38. The van der Waals surface area contributed by atoms with Crippen LogP contribution in [0.3, 0.4) is 0 Å². The zero-order valence-electron chi connectivity index (χ0n) is 8.64. The first kappa shape index (κ1) is 11.8. The van der Waals surface area contributed by atoms with Crippen LogP contribution < -0.4 is 17.2 Å². The molecule has 1 aromatic rings. The Morgan fingerprint density at radius 3 is 2.33 bits per heavy atom. The SMILES string of the molecule is Cc1cc(C(O)C(O)CN)cc(N)c1N. The number of nitrogens with two attached hydrogens (primary N) is 3. The molecule has 5 heteroatoms. The monoisotopic (exact) mass is 211 g/mol. The van der Waals surface area contributed by atoms with E-state index in [2.05, 4.69) is 0 Å². The maximum atomic E-state index is 9.70. The molecule has 0 heterocycles. The molecular formula is C10H17N3O2. The second-order valence-corrected chi connectivity index (χ2v) is 3.59. The summed E-state index contributed by atoms with van der Waals surface area (Å²) in [6, 6.07) is 3.24. The summed E-state index contributed by atoms with van der Waals surface area (Å²) in [5.41, 5.74) is 18.8. The third-order valence-electron chi connectivity index (χ3n) is 2.39. The van der Waals surface area contributed by atoms with E-state index in [1.165, 1.54) is 0 Å². The highest BCUT2D eigenvalue weighted by atomic mass is 16.3. The van der Waals surface area contributed by atoms with Crippen LogP contribution in [0, 0.1) is 6.92 Å². The van der Waals surface area contributed by atoms with Crippen molar-refractivity contribution in [2.24, 2.45) is 5.73 Å². The summed E-state index contributed by atoms with van der Waals surface area (Å²) >= 11 is 0. The molecule has 0 aromatic heterocycles. The lowest BCUT2D eigenvalue weighted by Crippen LogP contribution is -2.27. The Balaban J connectivity index is 3.06. The summed E-state index contributed by atoms with van der Waals surface area (Å²) in [5.74, 6) is 0. The molecule has 0 aliphatic heterocycles. The number of rotatable bonds is 3. The molecule has 0 radical (unpaired) electrons. The standard InChI is InChI=1S/C10H17N3O2/c1-5-2-6(3-7(12)9(5)13)10(15)8(14)4-11/h2-3,8,10,14-15H,4,11-13H2,1H3. The Hall–Kier alpha value is -1.30. The smallest absolute Gasteiger partial charge is 0.106 e. The molecule has 0 aliphatic carbocycles. The summed E-state index contributed by atoms with van der Waals surface area (Å²) in [5, 5.41) is 19.1. The lowest BCUT2D eigenvalue weighted by atomic mass is 10.0. The number of aliphatic hydroxyl groups excluding tert-OH is 2. The van der Waals surface area contributed by atoms with Crippen LogP contribution >= 0.6 is 0 Å². The van der Waals surface area contributed by atoms with Gasteiger partial charge in [0.1, 0.15) is 6.10 Å². The lowest BCUT2D eigenvalue weighted by Gasteiger charge is -2.18. The molecule has 0 saturated carbocycles. The van der Waals surface area contributed by atoms with E-state index in [4.69, 9.17) is 17.2 Å². The average molecular weight is 211 g/mol. The summed E-state index contributed by atoms with van der Waals surface area (Å²) in [4.78, 5) is 0. The molecule has 0 bridgehead atoms. The van der Waals surface area contributed by atoms with Crippen LogP contribution in [0.4, 0.5) is 11.4 Å². The van der Waals surface area contributed by atoms with Gasteiger partial charge in [-0.3, -0.25) is 0 Å². The second-order valence-electron chi connectivity index (χ2n) is 3.59. The number of hydrogen-bond acceptors (Lipinski definition) is 5. The maximum Gasteiger partial charge on any atom is 0.106 e. The van der Waals surface area contributed by atoms with Crippen molar-refractivity contribution in [3.8, 4) is 0 Å². The van der Waals surface area contributed by atoms with Gasteiger partial charge in [0.25, 0.3) is 0 Å². The molecule has 2 unspecified atom stereocenters. The van der Waals surface area contributed by atoms with Crippen molar-refractivity contribution in [3.05, 3.63) is 23.3 Å². The fraction of sp³-hybridized carbons (Fsp3) is 0.400. The van der Waals surface area contributed by atoms with Crippen molar-refractivity contribution < 1.29 is 10.2 Å². The van der Waals surface area contributed by atoms with Crippen LogP contribution in [0.25, 0.3) is 0 Å². The molecule has 0 aliphatic rings. The molecule has 8 N–H and O–H groups in total. The minimum atomic E-state index is -1.03. The molecule has 0 saturated heterocycles. The highest BCUT2D eigenvalue weighted by molar-refractivity contribution is 5.68. The van der Waals surface area contributed by atoms with E-state index < -0.39 is 12.2 Å². The Morgan fingerprint density at radius 1 is 1.27 bits per heavy atom. The highest BCUT2D eigenvalue weighted by Gasteiger charge is 2.18. The van der Waals surface area contributed by atoms with Gasteiger partial charge < -0.3 is 27.4 Å². The largest absolute Gasteiger partial charge is 0.397 e. The van der Waals surface area contributed by atoms with E-state index in [0.29, 0.717) is 16.9 Å². The molecule has 2 atom stereocenters. The van der Waals surface area contributed by atoms with Crippen LogP contribution in [0.1, 0.15) is 17.2 Å². The van der Waals surface area contributed by atoms with Crippen LogP contribution in [-0.4, -0.2) is 22.9 Å². The molecule has 5 nitrogen and oxygen atoms in total. The maximum absolute atomic E-state index is 9.70. The number of aryl methyl sites for hydroxylation is 1. The van der Waals surface area contributed by atoms with Crippen molar-refractivity contribution in [2.45, 2.75) is 19.1 Å². The topological polar surface area (TPSA) is 119 Å². The highest BCUT2D eigenvalue weighted by Crippen LogP contribution is 2.26. The zero-order chi connectivity index (χ0) is 11.6. The van der Waals surface area contributed by atoms with Crippen LogP contribution in [-0.2, 0) is 0 Å². The van der Waals surface area contributed by atoms with Gasteiger partial charge in [-0.05, 0) is 24.1 Å². The predicted octanol–water partition coefficient (Wildman–Crippen LogP) is -0.488. The Labute approximate surface area is 88.5 Å². The summed E-state index contributed by atoms with van der Waals surface area (Å²) < 4.78 is 0. The molecule has 0 amide bonds. The first-order chi connectivity index (χ1) is 6.97. The normalized spacial score (nSPS) is 14.9. The van der Waals surface area contributed by atoms with Gasteiger partial charge in [-0.1, -0.05) is 6.07 Å². The number of benzene rings is 1. The van der Waals surface area contributed by atoms with E-state index in [1.807, 2.05) is 0 Å². The van der Waals surface area contributed by atoms with Gasteiger partial charge in [-0.15, -0.1) is 0 Å². The summed E-state index contributed by atoms with van der Waals surface area (Å²) in [6.07, 6.45) is -2.02. The van der Waals surface area contributed by atoms with Gasteiger partial charge in [0, 0.05) is 6.54 Å². The van der Waals surface area contributed by atoms with Crippen LogP contribution in [0.5, 0.6) is 0 Å². The Kier molecular flexibility index (Phi) is 3.52. The van der Waals surface area contributed by atoms with Crippen molar-refractivity contribution in [1.29, 1.82) is 0 Å². The minimum absolute atomic E-state index is 0.00943. The van der Waals surface area contributed by atoms with Gasteiger partial charge >= 0.3 is 0 Å². The molecular weight excluding hydrogens is 194 g/mol. The quantitative estimate of drug-likeness (QED) is 0.432. The third-order valence-corrected chi connectivity index (χ3v) is 2.39. The van der Waals surface area contributed by atoms with Gasteiger partial charge in [0.15, 0.2) is 0 Å². The second kappa shape index (κ2) is 4.48. The number of hydrogen-bond donors (Lipinski definition) is 5. The van der Waals surface area contributed by atoms with E-state index in [1.54, 1.807) is 19.1 Å². The fourth-order valence-corrected chi connectivity index (χ4v) is 1.38. The number of anilines is 2. The number of nitrogen functional groups attached to an aromatic ring is 2. The van der Waals surface area contributed by atoms with Crippen molar-refractivity contribution in [2.75, 3.05) is 18.0 Å². The molecule has 1 aromatic carbocycles. The third kappa shape index (κ3) is 2.38. The lowest BCUT2D eigenvalue weighted by molar-refractivity contribution is 0.0243. The molecule has 84 valence electrons. The summed E-state index contributed by atoms with van der Waals surface area (Å²) in [7, 11) is 0. The summed E-state index contributed by atoms with van der Waals surface area (Å²) in [6.45, 7) is 1.78. The zero-order valence-corrected chi connectivity index (χ0v) is 8.64. The van der Waals surface area contributed by atoms with Crippen LogP contribution in [0.2, 0.25) is 0 Å². The van der Waals surface area contributed by atoms with Gasteiger partial charge in [-0.25, -0.2) is 0 Å². The first-order valence-electron chi connectivity index (χ1n) is 4.69. The van der Waals surface area contributed by atoms with E-state index in [-0.39, 0.29) is 6.54 Å². The first-order valence-corrected chi connectivity index (χ1v) is 4.69. The predicted molar refractivity (Wildman–Crippen MR) is 60.0 cm³/mol. The van der Waals surface area contributed by atoms with Gasteiger partial charge in [0.2, 0.25) is 0 Å². The average Bonchev–Trinajstić information content (AvgIpc) is 2.23. The molecule has 0 fully saturated rings. The molecule has 0 spiro atoms. The van der Waals surface area contributed by atoms with E-state index >= 15 is 0 Å². The van der Waals surface area contributed by atoms with Crippen molar-refractivity contribution in [1.82, 2.24) is 0 Å². The van der Waals surface area contributed by atoms with E-state index in [0.717, 1.165) is 5.56 Å².